The minimum Gasteiger partial charge on any atom is -0.368 e. The van der Waals surface area contributed by atoms with Gasteiger partial charge in [0.2, 0.25) is 11.8 Å². The molecule has 0 aliphatic carbocycles. The number of benzene rings is 1. The first-order valence-electron chi connectivity index (χ1n) is 7.53. The Labute approximate surface area is 129 Å². The first-order chi connectivity index (χ1) is 10.6. The highest BCUT2D eigenvalue weighted by atomic mass is 16.5. The molecule has 2 heterocycles. The lowest BCUT2D eigenvalue weighted by Crippen LogP contribution is -2.42. The van der Waals surface area contributed by atoms with E-state index in [1.54, 1.807) is 0 Å². The molecule has 1 saturated heterocycles. The van der Waals surface area contributed by atoms with Gasteiger partial charge in [0.15, 0.2) is 5.82 Å². The van der Waals surface area contributed by atoms with E-state index in [-0.39, 0.29) is 17.9 Å². The normalized spacial score (nSPS) is 18.2. The Morgan fingerprint density at radius 1 is 1.32 bits per heavy atom. The monoisotopic (exact) mass is 300 g/mol. The van der Waals surface area contributed by atoms with Crippen molar-refractivity contribution in [1.82, 2.24) is 15.0 Å². The molecule has 0 unspecified atom stereocenters. The van der Waals surface area contributed by atoms with Crippen LogP contribution in [-0.2, 0) is 4.79 Å². The maximum atomic E-state index is 11.9. The van der Waals surface area contributed by atoms with Crippen molar-refractivity contribution >= 4 is 5.91 Å². The fourth-order valence-corrected chi connectivity index (χ4v) is 3.07. The van der Waals surface area contributed by atoms with Gasteiger partial charge in [0, 0.05) is 5.92 Å². The third kappa shape index (κ3) is 3.01. The molecule has 0 spiro atoms. The molecule has 1 aromatic heterocycles. The molecule has 6 nitrogen and oxygen atoms in total. The van der Waals surface area contributed by atoms with Gasteiger partial charge >= 0.3 is 0 Å². The van der Waals surface area contributed by atoms with Crippen LogP contribution in [0.5, 0.6) is 0 Å². The van der Waals surface area contributed by atoms with Crippen molar-refractivity contribution in [3.8, 4) is 0 Å². The molecule has 0 radical (unpaired) electrons. The minimum absolute atomic E-state index is 0.266. The summed E-state index contributed by atoms with van der Waals surface area (Å²) in [6.07, 6.45) is 1.77. The second kappa shape index (κ2) is 6.27. The molecule has 2 aromatic rings. The maximum Gasteiger partial charge on any atom is 0.239 e. The van der Waals surface area contributed by atoms with Crippen LogP contribution in [0, 0.1) is 6.92 Å². The lowest BCUT2D eigenvalue weighted by Gasteiger charge is -2.35. The predicted molar refractivity (Wildman–Crippen MR) is 81.0 cm³/mol. The van der Waals surface area contributed by atoms with Gasteiger partial charge < -0.3 is 10.3 Å². The summed E-state index contributed by atoms with van der Waals surface area (Å²) in [4.78, 5) is 18.3. The van der Waals surface area contributed by atoms with Crippen molar-refractivity contribution < 1.29 is 9.32 Å². The third-order valence-electron chi connectivity index (χ3n) is 4.17. The van der Waals surface area contributed by atoms with E-state index in [2.05, 4.69) is 15.0 Å². The van der Waals surface area contributed by atoms with Gasteiger partial charge in [-0.3, -0.25) is 9.69 Å². The number of likely N-dealkylation sites (tertiary alicyclic amines) is 1. The summed E-state index contributed by atoms with van der Waals surface area (Å²) in [5, 5.41) is 3.85. The highest BCUT2D eigenvalue weighted by molar-refractivity contribution is 5.81. The number of aryl methyl sites for hydroxylation is 1. The second-order valence-corrected chi connectivity index (χ2v) is 5.71. The van der Waals surface area contributed by atoms with Crippen molar-refractivity contribution in [2.45, 2.75) is 31.7 Å². The summed E-state index contributed by atoms with van der Waals surface area (Å²) < 4.78 is 5.26. The lowest BCUT2D eigenvalue weighted by atomic mass is 9.94. The quantitative estimate of drug-likeness (QED) is 0.930. The topological polar surface area (TPSA) is 85.3 Å². The number of nitrogens with zero attached hydrogens (tertiary/aromatic N) is 3. The van der Waals surface area contributed by atoms with Crippen LogP contribution in [0.2, 0.25) is 0 Å². The summed E-state index contributed by atoms with van der Waals surface area (Å²) in [6.45, 7) is 3.39. The molecule has 0 bridgehead atoms. The van der Waals surface area contributed by atoms with E-state index in [9.17, 15) is 4.79 Å². The van der Waals surface area contributed by atoms with E-state index >= 15 is 0 Å². The fraction of sp³-hybridized carbons (Fsp3) is 0.438. The third-order valence-corrected chi connectivity index (χ3v) is 4.17. The molecule has 1 aliphatic heterocycles. The van der Waals surface area contributed by atoms with Crippen LogP contribution in [0.25, 0.3) is 0 Å². The average Bonchev–Trinajstić information content (AvgIpc) is 2.95. The summed E-state index contributed by atoms with van der Waals surface area (Å²) in [7, 11) is 0. The molecule has 0 saturated carbocycles. The molecule has 22 heavy (non-hydrogen) atoms. The number of hydrogen-bond donors (Lipinski definition) is 1. The van der Waals surface area contributed by atoms with Gasteiger partial charge in [-0.05, 0) is 38.4 Å². The van der Waals surface area contributed by atoms with E-state index in [0.29, 0.717) is 11.7 Å². The molecular weight excluding hydrogens is 280 g/mol. The summed E-state index contributed by atoms with van der Waals surface area (Å²) in [5.41, 5.74) is 6.57. The maximum absolute atomic E-state index is 11.9. The van der Waals surface area contributed by atoms with Crippen molar-refractivity contribution in [2.24, 2.45) is 5.73 Å². The van der Waals surface area contributed by atoms with Gasteiger partial charge in [0.1, 0.15) is 6.04 Å². The number of carbonyl (C=O) groups is 1. The molecule has 1 atom stereocenters. The Morgan fingerprint density at radius 2 is 2.00 bits per heavy atom. The van der Waals surface area contributed by atoms with Crippen molar-refractivity contribution in [3.05, 3.63) is 47.6 Å². The molecule has 1 amide bonds. The largest absolute Gasteiger partial charge is 0.368 e. The Bertz CT molecular complexity index is 633. The van der Waals surface area contributed by atoms with Gasteiger partial charge in [-0.15, -0.1) is 0 Å². The first-order valence-corrected chi connectivity index (χ1v) is 7.53. The second-order valence-electron chi connectivity index (χ2n) is 5.71. The number of carbonyl (C=O) groups excluding carboxylic acids is 1. The minimum atomic E-state index is -0.369. The Kier molecular flexibility index (Phi) is 4.20. The summed E-state index contributed by atoms with van der Waals surface area (Å²) in [5.74, 6) is 1.32. The standard InChI is InChI=1S/C16H20N4O2/c1-11-18-16(22-19-11)13-7-9-20(10-8-13)14(15(17)21)12-5-3-2-4-6-12/h2-6,13-14H,7-10H2,1H3,(H2,17,21)/t14-/m1/s1. The van der Waals surface area contributed by atoms with E-state index in [1.807, 2.05) is 37.3 Å². The zero-order valence-electron chi connectivity index (χ0n) is 12.6. The van der Waals surface area contributed by atoms with Crippen LogP contribution in [0.3, 0.4) is 0 Å². The van der Waals surface area contributed by atoms with Gasteiger partial charge in [-0.25, -0.2) is 0 Å². The molecule has 2 N–H and O–H groups in total. The lowest BCUT2D eigenvalue weighted by molar-refractivity contribution is -0.124. The number of aromatic nitrogens is 2. The van der Waals surface area contributed by atoms with E-state index < -0.39 is 0 Å². The van der Waals surface area contributed by atoms with Crippen molar-refractivity contribution in [3.63, 3.8) is 0 Å². The Morgan fingerprint density at radius 3 is 2.55 bits per heavy atom. The van der Waals surface area contributed by atoms with Crippen LogP contribution < -0.4 is 5.73 Å². The fourth-order valence-electron chi connectivity index (χ4n) is 3.07. The molecule has 6 heteroatoms. The predicted octanol–water partition coefficient (Wildman–Crippen LogP) is 1.78. The highest BCUT2D eigenvalue weighted by Crippen LogP contribution is 2.31. The van der Waals surface area contributed by atoms with Crippen LogP contribution in [0.1, 0.15) is 42.1 Å². The van der Waals surface area contributed by atoms with Crippen LogP contribution in [0.15, 0.2) is 34.9 Å². The van der Waals surface area contributed by atoms with E-state index in [4.69, 9.17) is 10.3 Å². The van der Waals surface area contributed by atoms with E-state index in [0.717, 1.165) is 31.5 Å². The SMILES string of the molecule is Cc1noc(C2CCN([C@@H](C(N)=O)c3ccccc3)CC2)n1. The number of amides is 1. The van der Waals surface area contributed by atoms with Crippen LogP contribution in [0.4, 0.5) is 0 Å². The molecule has 1 aliphatic rings. The van der Waals surface area contributed by atoms with Crippen molar-refractivity contribution in [2.75, 3.05) is 13.1 Å². The number of nitrogens with two attached hydrogens (primary N) is 1. The Hall–Kier alpha value is -2.21. The summed E-state index contributed by atoms with van der Waals surface area (Å²) in [6, 6.07) is 9.32. The average molecular weight is 300 g/mol. The van der Waals surface area contributed by atoms with Gasteiger partial charge in [-0.2, -0.15) is 4.98 Å². The van der Waals surface area contributed by atoms with Gasteiger partial charge in [-0.1, -0.05) is 35.5 Å². The molecule has 1 aromatic carbocycles. The number of primary amides is 1. The smallest absolute Gasteiger partial charge is 0.239 e. The summed E-state index contributed by atoms with van der Waals surface area (Å²) >= 11 is 0. The number of piperidine rings is 1. The molecule has 1 fully saturated rings. The molecule has 3 rings (SSSR count). The zero-order valence-corrected chi connectivity index (χ0v) is 12.6. The van der Waals surface area contributed by atoms with Crippen LogP contribution >= 0.6 is 0 Å². The zero-order chi connectivity index (χ0) is 15.5. The number of hydrogen-bond acceptors (Lipinski definition) is 5. The Balaban J connectivity index is 1.70. The molecular formula is C16H20N4O2. The highest BCUT2D eigenvalue weighted by Gasteiger charge is 2.31. The first kappa shape index (κ1) is 14.7. The van der Waals surface area contributed by atoms with Gasteiger partial charge in [0.25, 0.3) is 0 Å². The van der Waals surface area contributed by atoms with Gasteiger partial charge in [0.05, 0.1) is 0 Å². The van der Waals surface area contributed by atoms with E-state index in [1.165, 1.54) is 0 Å². The molecule has 116 valence electrons. The van der Waals surface area contributed by atoms with Crippen LogP contribution in [-0.4, -0.2) is 34.0 Å². The van der Waals surface area contributed by atoms with Crippen molar-refractivity contribution in [1.29, 1.82) is 0 Å². The number of rotatable bonds is 4.